The van der Waals surface area contributed by atoms with Crippen molar-refractivity contribution in [3.8, 4) is 0 Å². The standard InChI is InChI=1S/C18H33N7O8S/c1-34-6-4-10(17(32)33)23-16(31)12(8-26)25-15(30)11(7-13(27)28)24-14(29)9(19)3-2-5-22-18(20)21/h9-12,26H,2-8,19H2,1H3,(H,23,31)(H,24,29)(H,25,30)(H,27,28)(H,32,33)(H4,20,21,22). The van der Waals surface area contributed by atoms with Gasteiger partial charge in [-0.15, -0.1) is 0 Å². The fraction of sp³-hybridized carbons (Fsp3) is 0.667. The van der Waals surface area contributed by atoms with Crippen molar-refractivity contribution >= 4 is 47.4 Å². The maximum absolute atomic E-state index is 12.6. The summed E-state index contributed by atoms with van der Waals surface area (Å²) in [5, 5.41) is 34.3. The zero-order chi connectivity index (χ0) is 26.3. The number of aliphatic carboxylic acids is 2. The highest BCUT2D eigenvalue weighted by atomic mass is 32.2. The largest absolute Gasteiger partial charge is 0.481 e. The van der Waals surface area contributed by atoms with Crippen LogP contribution in [0.5, 0.6) is 0 Å². The Morgan fingerprint density at radius 2 is 1.47 bits per heavy atom. The van der Waals surface area contributed by atoms with Crippen molar-refractivity contribution in [2.24, 2.45) is 22.2 Å². The molecule has 0 aliphatic rings. The van der Waals surface area contributed by atoms with Gasteiger partial charge in [-0.2, -0.15) is 11.8 Å². The summed E-state index contributed by atoms with van der Waals surface area (Å²) in [7, 11) is 0. The van der Waals surface area contributed by atoms with Crippen molar-refractivity contribution < 1.29 is 39.3 Å². The van der Waals surface area contributed by atoms with Gasteiger partial charge in [-0.1, -0.05) is 0 Å². The van der Waals surface area contributed by atoms with E-state index >= 15 is 0 Å². The number of aliphatic hydroxyl groups is 1. The number of aliphatic imine (C=N–C) groups is 1. The summed E-state index contributed by atoms with van der Waals surface area (Å²) in [4.78, 5) is 63.4. The first kappa shape index (κ1) is 30.9. The van der Waals surface area contributed by atoms with Crippen LogP contribution >= 0.6 is 11.8 Å². The minimum Gasteiger partial charge on any atom is -0.481 e. The van der Waals surface area contributed by atoms with Crippen LogP contribution in [0.3, 0.4) is 0 Å². The van der Waals surface area contributed by atoms with E-state index in [1.165, 1.54) is 11.8 Å². The van der Waals surface area contributed by atoms with Crippen LogP contribution in [0, 0.1) is 0 Å². The number of nitrogens with two attached hydrogens (primary N) is 3. The van der Waals surface area contributed by atoms with Gasteiger partial charge in [0.05, 0.1) is 19.1 Å². The molecule has 0 heterocycles. The normalized spacial score (nSPS) is 14.1. The molecule has 3 amide bonds. The van der Waals surface area contributed by atoms with E-state index in [1.54, 1.807) is 6.26 Å². The van der Waals surface area contributed by atoms with Gasteiger partial charge < -0.3 is 48.5 Å². The topological polar surface area (TPSA) is 273 Å². The second-order valence-electron chi connectivity index (χ2n) is 7.14. The summed E-state index contributed by atoms with van der Waals surface area (Å²) in [5.74, 6) is -5.29. The first-order chi connectivity index (χ1) is 15.9. The zero-order valence-electron chi connectivity index (χ0n) is 18.7. The van der Waals surface area contributed by atoms with Crippen molar-refractivity contribution in [3.63, 3.8) is 0 Å². The quantitative estimate of drug-likeness (QED) is 0.0519. The summed E-state index contributed by atoms with van der Waals surface area (Å²) >= 11 is 1.37. The smallest absolute Gasteiger partial charge is 0.326 e. The van der Waals surface area contributed by atoms with E-state index in [2.05, 4.69) is 20.9 Å². The molecule has 0 saturated heterocycles. The van der Waals surface area contributed by atoms with Gasteiger partial charge in [0, 0.05) is 6.54 Å². The summed E-state index contributed by atoms with van der Waals surface area (Å²) in [6.45, 7) is -0.686. The van der Waals surface area contributed by atoms with Gasteiger partial charge in [-0.25, -0.2) is 4.79 Å². The Kier molecular flexibility index (Phi) is 15.0. The number of nitrogens with zero attached hydrogens (tertiary/aromatic N) is 1. The number of amides is 3. The highest BCUT2D eigenvalue weighted by Gasteiger charge is 2.31. The van der Waals surface area contributed by atoms with Gasteiger partial charge in [-0.05, 0) is 31.3 Å². The first-order valence-electron chi connectivity index (χ1n) is 10.2. The average molecular weight is 508 g/mol. The highest BCUT2D eigenvalue weighted by Crippen LogP contribution is 2.03. The second-order valence-corrected chi connectivity index (χ2v) is 8.12. The molecule has 0 aliphatic carbocycles. The number of hydrogen-bond acceptors (Lipinski definition) is 9. The third-order valence-electron chi connectivity index (χ3n) is 4.36. The molecule has 0 bridgehead atoms. The van der Waals surface area contributed by atoms with Crippen molar-refractivity contribution in [1.82, 2.24) is 16.0 Å². The summed E-state index contributed by atoms with van der Waals surface area (Å²) in [6.07, 6.45) is 1.51. The lowest BCUT2D eigenvalue weighted by Crippen LogP contribution is -2.58. The number of rotatable bonds is 17. The predicted molar refractivity (Wildman–Crippen MR) is 124 cm³/mol. The van der Waals surface area contributed by atoms with Crippen LogP contribution in [-0.4, -0.2) is 100 Å². The van der Waals surface area contributed by atoms with Crippen molar-refractivity contribution in [1.29, 1.82) is 0 Å². The number of hydrogen-bond donors (Lipinski definition) is 9. The minimum absolute atomic E-state index is 0.104. The predicted octanol–water partition coefficient (Wildman–Crippen LogP) is -3.87. The van der Waals surface area contributed by atoms with Crippen molar-refractivity contribution in [3.05, 3.63) is 0 Å². The van der Waals surface area contributed by atoms with Crippen LogP contribution in [0.2, 0.25) is 0 Å². The van der Waals surface area contributed by atoms with Crippen molar-refractivity contribution in [2.45, 2.75) is 49.9 Å². The maximum Gasteiger partial charge on any atom is 0.326 e. The molecular formula is C18H33N7O8S. The molecule has 0 fully saturated rings. The van der Waals surface area contributed by atoms with E-state index in [9.17, 15) is 34.2 Å². The third-order valence-corrected chi connectivity index (χ3v) is 5.00. The first-order valence-corrected chi connectivity index (χ1v) is 11.6. The van der Waals surface area contributed by atoms with E-state index in [-0.39, 0.29) is 25.3 Å². The number of aliphatic hydroxyl groups excluding tert-OH is 1. The van der Waals surface area contributed by atoms with Gasteiger partial charge in [0.1, 0.15) is 18.1 Å². The molecule has 0 spiro atoms. The van der Waals surface area contributed by atoms with E-state index < -0.39 is 66.9 Å². The summed E-state index contributed by atoms with van der Waals surface area (Å²) in [5.41, 5.74) is 16.1. The van der Waals surface area contributed by atoms with Gasteiger partial charge in [0.2, 0.25) is 17.7 Å². The molecule has 0 radical (unpaired) electrons. The molecule has 0 aromatic heterocycles. The third kappa shape index (κ3) is 12.8. The lowest BCUT2D eigenvalue weighted by molar-refractivity contribution is -0.143. The molecule has 16 heteroatoms. The monoisotopic (exact) mass is 507 g/mol. The van der Waals surface area contributed by atoms with Gasteiger partial charge in [0.25, 0.3) is 0 Å². The second kappa shape index (κ2) is 16.5. The van der Waals surface area contributed by atoms with Gasteiger partial charge >= 0.3 is 11.9 Å². The van der Waals surface area contributed by atoms with Crippen LogP contribution in [0.1, 0.15) is 25.7 Å². The fourth-order valence-electron chi connectivity index (χ4n) is 2.54. The number of carbonyl (C=O) groups is 5. The number of guanidine groups is 1. The van der Waals surface area contributed by atoms with E-state index in [0.717, 1.165) is 0 Å². The Labute approximate surface area is 200 Å². The van der Waals surface area contributed by atoms with Gasteiger partial charge in [-0.3, -0.25) is 24.2 Å². The fourth-order valence-corrected chi connectivity index (χ4v) is 3.02. The Morgan fingerprint density at radius 3 is 1.97 bits per heavy atom. The summed E-state index contributed by atoms with van der Waals surface area (Å²) < 4.78 is 0. The molecule has 15 nitrogen and oxygen atoms in total. The Hall–Kier alpha value is -3.11. The average Bonchev–Trinajstić information content (AvgIpc) is 2.75. The van der Waals surface area contributed by atoms with Gasteiger partial charge in [0.15, 0.2) is 5.96 Å². The molecule has 0 aromatic rings. The molecule has 0 aliphatic heterocycles. The highest BCUT2D eigenvalue weighted by molar-refractivity contribution is 7.98. The SMILES string of the molecule is CSCCC(NC(=O)C(CO)NC(=O)C(CC(=O)O)NC(=O)C(N)CCCN=C(N)N)C(=O)O. The lowest BCUT2D eigenvalue weighted by Gasteiger charge is -2.23. The molecule has 4 unspecified atom stereocenters. The zero-order valence-corrected chi connectivity index (χ0v) is 19.5. The van der Waals surface area contributed by atoms with Crippen LogP contribution < -0.4 is 33.2 Å². The minimum atomic E-state index is -1.61. The molecule has 0 aromatic carbocycles. The maximum atomic E-state index is 12.6. The van der Waals surface area contributed by atoms with E-state index in [1.807, 2.05) is 0 Å². The number of carbonyl (C=O) groups excluding carboxylic acids is 3. The van der Waals surface area contributed by atoms with Crippen molar-refractivity contribution in [2.75, 3.05) is 25.2 Å². The molecule has 0 saturated carbocycles. The molecule has 0 rings (SSSR count). The number of carboxylic acids is 2. The lowest BCUT2D eigenvalue weighted by atomic mass is 10.1. The Morgan fingerprint density at radius 1 is 0.912 bits per heavy atom. The van der Waals surface area contributed by atoms with Crippen LogP contribution in [0.15, 0.2) is 4.99 Å². The van der Waals surface area contributed by atoms with Crippen LogP contribution in [0.4, 0.5) is 0 Å². The molecule has 194 valence electrons. The molecule has 12 N–H and O–H groups in total. The van der Waals surface area contributed by atoms with Crippen LogP contribution in [0.25, 0.3) is 0 Å². The van der Waals surface area contributed by atoms with E-state index in [0.29, 0.717) is 12.2 Å². The molecule has 34 heavy (non-hydrogen) atoms. The number of carboxylic acid groups (broad SMARTS) is 2. The molecular weight excluding hydrogens is 474 g/mol. The Balaban J connectivity index is 5.14. The number of nitrogens with one attached hydrogen (secondary N) is 3. The number of thioether (sulfide) groups is 1. The molecule has 4 atom stereocenters. The van der Waals surface area contributed by atoms with E-state index in [4.69, 9.17) is 22.3 Å². The van der Waals surface area contributed by atoms with Crippen LogP contribution in [-0.2, 0) is 24.0 Å². The summed E-state index contributed by atoms with van der Waals surface area (Å²) in [6, 6.07) is -5.53. The Bertz CT molecular complexity index is 748.